The molecule has 0 spiro atoms. The normalized spacial score (nSPS) is 23.0. The fourth-order valence-corrected chi connectivity index (χ4v) is 4.12. The second-order valence-corrected chi connectivity index (χ2v) is 7.96. The highest BCUT2D eigenvalue weighted by atomic mass is 19.3. The van der Waals surface area contributed by atoms with E-state index in [0.717, 1.165) is 17.7 Å². The van der Waals surface area contributed by atoms with Crippen LogP contribution in [0, 0.1) is 18.7 Å². The first-order chi connectivity index (χ1) is 14.7. The number of aromatic nitrogens is 1. The SMILES string of the molecule is Cc1c[nH]c(/C(N)=N/OC(=O)C2CCC3CC(F)(F)c4cc(F)ccc4C(=O)N3C2)c1. The number of piperidine rings is 1. The topological polar surface area (TPSA) is 101 Å². The summed E-state index contributed by atoms with van der Waals surface area (Å²) in [4.78, 5) is 34.5. The number of rotatable bonds is 3. The summed E-state index contributed by atoms with van der Waals surface area (Å²) in [5.74, 6) is -6.30. The number of carbonyl (C=O) groups excluding carboxylic acids is 2. The van der Waals surface area contributed by atoms with Gasteiger partial charge in [-0.2, -0.15) is 0 Å². The Hall–Kier alpha value is -3.30. The molecule has 0 radical (unpaired) electrons. The average molecular weight is 434 g/mol. The van der Waals surface area contributed by atoms with Gasteiger partial charge in [-0.3, -0.25) is 4.79 Å². The van der Waals surface area contributed by atoms with Gasteiger partial charge in [0.2, 0.25) is 0 Å². The number of benzene rings is 1. The molecule has 2 unspecified atom stereocenters. The zero-order valence-electron chi connectivity index (χ0n) is 16.7. The summed E-state index contributed by atoms with van der Waals surface area (Å²) in [6.07, 6.45) is 1.52. The Kier molecular flexibility index (Phi) is 5.24. The molecule has 31 heavy (non-hydrogen) atoms. The Bertz CT molecular complexity index is 1070. The van der Waals surface area contributed by atoms with E-state index in [1.807, 2.05) is 6.92 Å². The fraction of sp³-hybridized carbons (Fsp3) is 0.381. The molecule has 4 rings (SSSR count). The third-order valence-corrected chi connectivity index (χ3v) is 5.74. The Labute approximate surface area is 176 Å². The largest absolute Gasteiger partial charge is 0.379 e. The van der Waals surface area contributed by atoms with Crippen molar-refractivity contribution < 1.29 is 27.6 Å². The molecule has 0 aliphatic carbocycles. The number of aromatic amines is 1. The van der Waals surface area contributed by atoms with Crippen LogP contribution in [-0.4, -0.2) is 40.2 Å². The minimum absolute atomic E-state index is 0.0171. The number of oxime groups is 1. The number of halogens is 3. The van der Waals surface area contributed by atoms with E-state index in [0.29, 0.717) is 11.8 Å². The van der Waals surface area contributed by atoms with Crippen molar-refractivity contribution in [2.45, 2.75) is 38.2 Å². The van der Waals surface area contributed by atoms with Crippen LogP contribution in [0.1, 0.15) is 46.4 Å². The van der Waals surface area contributed by atoms with Crippen LogP contribution in [-0.2, 0) is 15.6 Å². The Morgan fingerprint density at radius 1 is 1.32 bits per heavy atom. The van der Waals surface area contributed by atoms with Gasteiger partial charge >= 0.3 is 5.97 Å². The molecular formula is C21H21F3N4O3. The molecule has 3 N–H and O–H groups in total. The minimum Gasteiger partial charge on any atom is -0.379 e. The van der Waals surface area contributed by atoms with E-state index in [4.69, 9.17) is 10.6 Å². The Morgan fingerprint density at radius 3 is 2.81 bits per heavy atom. The third kappa shape index (κ3) is 4.01. The second kappa shape index (κ2) is 7.75. The van der Waals surface area contributed by atoms with Crippen LogP contribution in [0.5, 0.6) is 0 Å². The molecular weight excluding hydrogens is 413 g/mol. The number of fused-ring (bicyclic) bond motifs is 2. The summed E-state index contributed by atoms with van der Waals surface area (Å²) >= 11 is 0. The number of carbonyl (C=O) groups is 2. The lowest BCUT2D eigenvalue weighted by molar-refractivity contribution is -0.150. The first-order valence-corrected chi connectivity index (χ1v) is 9.84. The number of nitrogens with two attached hydrogens (primary N) is 1. The molecule has 164 valence electrons. The van der Waals surface area contributed by atoms with E-state index in [2.05, 4.69) is 10.1 Å². The van der Waals surface area contributed by atoms with Crippen molar-refractivity contribution in [2.75, 3.05) is 6.54 Å². The predicted molar refractivity (Wildman–Crippen MR) is 105 cm³/mol. The molecule has 1 aromatic heterocycles. The number of amidine groups is 1. The highest BCUT2D eigenvalue weighted by Gasteiger charge is 2.47. The molecule has 0 bridgehead atoms. The average Bonchev–Trinajstić information content (AvgIpc) is 3.14. The highest BCUT2D eigenvalue weighted by Crippen LogP contribution is 2.42. The van der Waals surface area contributed by atoms with Crippen molar-refractivity contribution in [3.05, 3.63) is 58.7 Å². The number of hydrogen-bond acceptors (Lipinski definition) is 4. The minimum atomic E-state index is -3.35. The lowest BCUT2D eigenvalue weighted by Crippen LogP contribution is -2.48. The third-order valence-electron chi connectivity index (χ3n) is 5.74. The number of alkyl halides is 2. The van der Waals surface area contributed by atoms with Crippen LogP contribution in [0.15, 0.2) is 35.6 Å². The van der Waals surface area contributed by atoms with Gasteiger partial charge in [-0.1, -0.05) is 5.16 Å². The standard InChI is InChI=1S/C21H21F3N4O3/c1-11-6-17(26-9-11)18(25)27-31-20(30)12-2-4-14-8-21(23,24)16-7-13(22)3-5-15(16)19(29)28(14)10-12/h3,5-7,9,12,14,26H,2,4,8,10H2,1H3,(H2,25,27). The van der Waals surface area contributed by atoms with Crippen molar-refractivity contribution in [1.82, 2.24) is 9.88 Å². The van der Waals surface area contributed by atoms with Gasteiger partial charge in [0.05, 0.1) is 11.6 Å². The maximum atomic E-state index is 14.7. The van der Waals surface area contributed by atoms with Crippen LogP contribution in [0.3, 0.4) is 0 Å². The number of aryl methyl sites for hydroxylation is 1. The maximum absolute atomic E-state index is 14.7. The summed E-state index contributed by atoms with van der Waals surface area (Å²) in [5.41, 5.74) is 6.33. The van der Waals surface area contributed by atoms with Crippen LogP contribution in [0.4, 0.5) is 13.2 Å². The summed E-state index contributed by atoms with van der Waals surface area (Å²) in [5, 5.41) is 3.64. The smallest absolute Gasteiger partial charge is 0.339 e. The number of amides is 1. The van der Waals surface area contributed by atoms with Crippen molar-refractivity contribution in [3.63, 3.8) is 0 Å². The number of H-pyrrole nitrogens is 1. The van der Waals surface area contributed by atoms with Gasteiger partial charge in [0, 0.05) is 36.3 Å². The molecule has 2 aliphatic heterocycles. The Balaban J connectivity index is 1.51. The molecule has 7 nitrogen and oxygen atoms in total. The summed E-state index contributed by atoms with van der Waals surface area (Å²) in [7, 11) is 0. The number of hydrogen-bond donors (Lipinski definition) is 2. The van der Waals surface area contributed by atoms with Crippen molar-refractivity contribution in [2.24, 2.45) is 16.8 Å². The van der Waals surface area contributed by atoms with E-state index in [1.54, 1.807) is 12.3 Å². The zero-order valence-corrected chi connectivity index (χ0v) is 16.7. The van der Waals surface area contributed by atoms with Crippen LogP contribution in [0.2, 0.25) is 0 Å². The maximum Gasteiger partial charge on any atom is 0.339 e. The monoisotopic (exact) mass is 434 g/mol. The Morgan fingerprint density at radius 2 is 2.10 bits per heavy atom. The number of nitrogens with zero attached hydrogens (tertiary/aromatic N) is 2. The summed E-state index contributed by atoms with van der Waals surface area (Å²) in [6, 6.07) is 3.71. The van der Waals surface area contributed by atoms with Crippen LogP contribution in [0.25, 0.3) is 0 Å². The molecule has 2 aromatic rings. The van der Waals surface area contributed by atoms with Crippen molar-refractivity contribution >= 4 is 17.7 Å². The van der Waals surface area contributed by atoms with Gasteiger partial charge in [-0.15, -0.1) is 0 Å². The van der Waals surface area contributed by atoms with Crippen molar-refractivity contribution in [1.29, 1.82) is 0 Å². The van der Waals surface area contributed by atoms with E-state index in [-0.39, 0.29) is 30.8 Å². The first-order valence-electron chi connectivity index (χ1n) is 9.84. The lowest BCUT2D eigenvalue weighted by atomic mass is 9.90. The molecule has 1 fully saturated rings. The number of nitrogens with one attached hydrogen (secondary N) is 1. The van der Waals surface area contributed by atoms with Gasteiger partial charge in [0.25, 0.3) is 11.8 Å². The molecule has 2 aliphatic rings. The molecule has 10 heteroatoms. The molecule has 1 saturated heterocycles. The van der Waals surface area contributed by atoms with E-state index in [1.165, 1.54) is 4.90 Å². The van der Waals surface area contributed by atoms with E-state index in [9.17, 15) is 22.8 Å². The predicted octanol–water partition coefficient (Wildman–Crippen LogP) is 3.04. The zero-order chi connectivity index (χ0) is 22.3. The highest BCUT2D eigenvalue weighted by molar-refractivity contribution is 5.97. The molecule has 0 saturated carbocycles. The van der Waals surface area contributed by atoms with Gasteiger partial charge in [0.15, 0.2) is 5.84 Å². The molecule has 2 atom stereocenters. The van der Waals surface area contributed by atoms with Crippen LogP contribution < -0.4 is 5.73 Å². The van der Waals surface area contributed by atoms with E-state index >= 15 is 0 Å². The van der Waals surface area contributed by atoms with Gasteiger partial charge in [-0.25, -0.2) is 18.0 Å². The van der Waals surface area contributed by atoms with Gasteiger partial charge in [-0.05, 0) is 49.6 Å². The fourth-order valence-electron chi connectivity index (χ4n) is 4.12. The first kappa shape index (κ1) is 21.0. The summed E-state index contributed by atoms with van der Waals surface area (Å²) in [6.45, 7) is 1.76. The second-order valence-electron chi connectivity index (χ2n) is 7.96. The van der Waals surface area contributed by atoms with Crippen LogP contribution >= 0.6 is 0 Å². The molecule has 1 aromatic carbocycles. The lowest BCUT2D eigenvalue weighted by Gasteiger charge is -2.38. The molecule has 3 heterocycles. The van der Waals surface area contributed by atoms with Gasteiger partial charge < -0.3 is 20.5 Å². The summed E-state index contributed by atoms with van der Waals surface area (Å²) < 4.78 is 43.0. The van der Waals surface area contributed by atoms with Crippen molar-refractivity contribution in [3.8, 4) is 0 Å². The van der Waals surface area contributed by atoms with E-state index < -0.39 is 47.6 Å². The van der Waals surface area contributed by atoms with Gasteiger partial charge in [0.1, 0.15) is 5.82 Å². The quantitative estimate of drug-likeness (QED) is 0.336. The molecule has 1 amide bonds.